The molecule has 1 aliphatic rings. The Balaban J connectivity index is 1.60. The lowest BCUT2D eigenvalue weighted by Crippen LogP contribution is -2.30. The molecule has 5 rings (SSSR count). The Hall–Kier alpha value is -3.64. The van der Waals surface area contributed by atoms with Gasteiger partial charge in [-0.3, -0.25) is 4.98 Å². The first-order chi connectivity index (χ1) is 16.5. The van der Waals surface area contributed by atoms with E-state index in [1.807, 2.05) is 44.3 Å². The first-order valence-corrected chi connectivity index (χ1v) is 11.9. The molecule has 1 saturated heterocycles. The van der Waals surface area contributed by atoms with Crippen molar-refractivity contribution in [3.05, 3.63) is 108 Å². The predicted molar refractivity (Wildman–Crippen MR) is 141 cm³/mol. The smallest absolute Gasteiger partial charge is 0.174 e. The van der Waals surface area contributed by atoms with E-state index >= 15 is 0 Å². The number of rotatable bonds is 6. The highest BCUT2D eigenvalue weighted by atomic mass is 32.1. The van der Waals surface area contributed by atoms with E-state index in [1.54, 1.807) is 0 Å². The molecule has 2 atom stereocenters. The van der Waals surface area contributed by atoms with Gasteiger partial charge in [0, 0.05) is 29.5 Å². The van der Waals surface area contributed by atoms with Gasteiger partial charge in [0.1, 0.15) is 11.8 Å². The van der Waals surface area contributed by atoms with Gasteiger partial charge < -0.3 is 19.5 Å². The number of hydrogen-bond donors (Lipinski definition) is 1. The fourth-order valence-electron chi connectivity index (χ4n) is 4.47. The van der Waals surface area contributed by atoms with Gasteiger partial charge in [0.25, 0.3) is 0 Å². The van der Waals surface area contributed by atoms with Crippen molar-refractivity contribution in [2.24, 2.45) is 0 Å². The van der Waals surface area contributed by atoms with Crippen LogP contribution in [-0.4, -0.2) is 20.8 Å². The number of hydrogen-bond acceptors (Lipinski definition) is 3. The van der Waals surface area contributed by atoms with Crippen molar-refractivity contribution in [3.63, 3.8) is 0 Å². The van der Waals surface area contributed by atoms with Crippen molar-refractivity contribution in [2.45, 2.75) is 39.0 Å². The van der Waals surface area contributed by atoms with Crippen LogP contribution in [0.1, 0.15) is 42.9 Å². The molecule has 0 amide bonds. The monoisotopic (exact) mass is 468 g/mol. The molecule has 4 aromatic rings. The first kappa shape index (κ1) is 22.2. The highest BCUT2D eigenvalue weighted by Crippen LogP contribution is 2.42. The summed E-state index contributed by atoms with van der Waals surface area (Å²) in [6.45, 7) is 6.16. The van der Waals surface area contributed by atoms with Gasteiger partial charge in [0.05, 0.1) is 17.8 Å². The van der Waals surface area contributed by atoms with Crippen LogP contribution in [0.2, 0.25) is 0 Å². The first-order valence-electron chi connectivity index (χ1n) is 11.5. The summed E-state index contributed by atoms with van der Waals surface area (Å²) in [7, 11) is 0. The molecule has 0 bridgehead atoms. The number of ether oxygens (including phenoxy) is 1. The molecule has 0 spiro atoms. The van der Waals surface area contributed by atoms with Crippen LogP contribution < -0.4 is 15.0 Å². The van der Waals surface area contributed by atoms with E-state index in [4.69, 9.17) is 17.0 Å². The second kappa shape index (κ2) is 9.31. The largest absolute Gasteiger partial charge is 0.491 e. The van der Waals surface area contributed by atoms with E-state index in [0.29, 0.717) is 5.11 Å². The summed E-state index contributed by atoms with van der Waals surface area (Å²) in [5.74, 6) is 0.845. The van der Waals surface area contributed by atoms with Gasteiger partial charge in [-0.2, -0.15) is 0 Å². The summed E-state index contributed by atoms with van der Waals surface area (Å²) in [5.41, 5.74) is 5.44. The molecular weight excluding hydrogens is 440 g/mol. The molecule has 34 heavy (non-hydrogen) atoms. The van der Waals surface area contributed by atoms with Crippen molar-refractivity contribution in [2.75, 3.05) is 4.90 Å². The maximum absolute atomic E-state index is 5.88. The molecular formula is C28H28N4OS. The van der Waals surface area contributed by atoms with Gasteiger partial charge in [-0.1, -0.05) is 23.8 Å². The summed E-state index contributed by atoms with van der Waals surface area (Å²) in [6, 6.07) is 26.8. The van der Waals surface area contributed by atoms with E-state index in [2.05, 4.69) is 87.5 Å². The molecule has 172 valence electrons. The maximum Gasteiger partial charge on any atom is 0.174 e. The van der Waals surface area contributed by atoms with Crippen molar-refractivity contribution in [3.8, 4) is 11.4 Å². The van der Waals surface area contributed by atoms with Crippen LogP contribution in [-0.2, 0) is 0 Å². The topological polar surface area (TPSA) is 42.3 Å². The van der Waals surface area contributed by atoms with E-state index in [-0.39, 0.29) is 18.2 Å². The zero-order chi connectivity index (χ0) is 23.7. The van der Waals surface area contributed by atoms with Gasteiger partial charge in [-0.05, 0) is 93.7 Å². The highest BCUT2D eigenvalue weighted by molar-refractivity contribution is 7.80. The van der Waals surface area contributed by atoms with E-state index in [0.717, 1.165) is 28.5 Å². The van der Waals surface area contributed by atoms with Crippen LogP contribution in [0.3, 0.4) is 0 Å². The lowest BCUT2D eigenvalue weighted by Gasteiger charge is -2.29. The fourth-order valence-corrected chi connectivity index (χ4v) is 4.81. The van der Waals surface area contributed by atoms with Crippen LogP contribution in [0.15, 0.2) is 91.3 Å². The van der Waals surface area contributed by atoms with Crippen molar-refractivity contribution < 1.29 is 4.74 Å². The third kappa shape index (κ3) is 4.29. The van der Waals surface area contributed by atoms with Crippen molar-refractivity contribution in [1.82, 2.24) is 14.9 Å². The minimum Gasteiger partial charge on any atom is -0.491 e. The molecule has 0 saturated carbocycles. The van der Waals surface area contributed by atoms with Gasteiger partial charge in [-0.15, -0.1) is 0 Å². The number of aromatic nitrogens is 2. The number of nitrogens with one attached hydrogen (secondary N) is 1. The zero-order valence-electron chi connectivity index (χ0n) is 19.6. The Morgan fingerprint density at radius 3 is 2.32 bits per heavy atom. The Morgan fingerprint density at radius 2 is 1.65 bits per heavy atom. The third-order valence-electron chi connectivity index (χ3n) is 5.98. The van der Waals surface area contributed by atoms with Crippen molar-refractivity contribution >= 4 is 23.0 Å². The summed E-state index contributed by atoms with van der Waals surface area (Å²) in [5, 5.41) is 4.22. The zero-order valence-corrected chi connectivity index (χ0v) is 20.4. The lowest BCUT2D eigenvalue weighted by molar-refractivity contribution is 0.242. The summed E-state index contributed by atoms with van der Waals surface area (Å²) < 4.78 is 8.09. The van der Waals surface area contributed by atoms with Gasteiger partial charge in [0.15, 0.2) is 5.11 Å². The van der Waals surface area contributed by atoms with Crippen LogP contribution >= 0.6 is 12.2 Å². The standard InChI is InChI=1S/C28H28N4OS/c1-19(2)33-23-15-13-22(14-16-23)32-27(26(30-28(32)34)24-7-4-5-17-29-24)25-8-6-18-31(25)21-11-9-20(3)10-12-21/h4-19,26-27H,1-3H3,(H,30,34)/t26-,27-/m1/s1. The summed E-state index contributed by atoms with van der Waals surface area (Å²) in [6.07, 6.45) is 4.06. The molecule has 0 aliphatic carbocycles. The average Bonchev–Trinajstić information content (AvgIpc) is 3.45. The van der Waals surface area contributed by atoms with Crippen LogP contribution in [0.25, 0.3) is 5.69 Å². The van der Waals surface area contributed by atoms with Crippen molar-refractivity contribution in [1.29, 1.82) is 0 Å². The van der Waals surface area contributed by atoms with Gasteiger partial charge >= 0.3 is 0 Å². The number of aryl methyl sites for hydroxylation is 1. The Kier molecular flexibility index (Phi) is 6.07. The molecule has 5 nitrogen and oxygen atoms in total. The van der Waals surface area contributed by atoms with Crippen LogP contribution in [0.4, 0.5) is 5.69 Å². The summed E-state index contributed by atoms with van der Waals surface area (Å²) >= 11 is 5.88. The molecule has 2 aromatic carbocycles. The van der Waals surface area contributed by atoms with Crippen LogP contribution in [0.5, 0.6) is 5.75 Å². The maximum atomic E-state index is 5.88. The Bertz CT molecular complexity index is 1270. The molecule has 3 heterocycles. The molecule has 1 aliphatic heterocycles. The predicted octanol–water partition coefficient (Wildman–Crippen LogP) is 6.15. The molecule has 1 N–H and O–H groups in total. The number of anilines is 1. The molecule has 1 fully saturated rings. The molecule has 0 unspecified atom stereocenters. The van der Waals surface area contributed by atoms with Crippen LogP contribution in [0, 0.1) is 6.92 Å². The quantitative estimate of drug-likeness (QED) is 0.344. The fraction of sp³-hybridized carbons (Fsp3) is 0.214. The van der Waals surface area contributed by atoms with E-state index < -0.39 is 0 Å². The lowest BCUT2D eigenvalue weighted by atomic mass is 10.0. The minimum absolute atomic E-state index is 0.0874. The Labute approximate surface area is 206 Å². The SMILES string of the molecule is Cc1ccc(-n2cccc2[C@@H]2[C@@H](c3ccccn3)NC(=S)N2c2ccc(OC(C)C)cc2)cc1. The Morgan fingerprint density at radius 1 is 0.912 bits per heavy atom. The number of nitrogens with zero attached hydrogens (tertiary/aromatic N) is 3. The average molecular weight is 469 g/mol. The second-order valence-corrected chi connectivity index (χ2v) is 9.18. The number of benzene rings is 2. The summed E-state index contributed by atoms with van der Waals surface area (Å²) in [4.78, 5) is 6.85. The molecule has 2 aromatic heterocycles. The third-order valence-corrected chi connectivity index (χ3v) is 6.29. The van der Waals surface area contributed by atoms with Gasteiger partial charge in [0.2, 0.25) is 0 Å². The highest BCUT2D eigenvalue weighted by Gasteiger charge is 2.42. The molecule has 0 radical (unpaired) electrons. The van der Waals surface area contributed by atoms with E-state index in [9.17, 15) is 0 Å². The normalized spacial score (nSPS) is 17.8. The van der Waals surface area contributed by atoms with E-state index in [1.165, 1.54) is 5.56 Å². The molecule has 6 heteroatoms. The van der Waals surface area contributed by atoms with Gasteiger partial charge in [-0.25, -0.2) is 0 Å². The number of pyridine rings is 1. The second-order valence-electron chi connectivity index (χ2n) is 8.80. The number of thiocarbonyl (C=S) groups is 1. The minimum atomic E-state index is -0.0978.